The van der Waals surface area contributed by atoms with Gasteiger partial charge in [0.15, 0.2) is 0 Å². The van der Waals surface area contributed by atoms with E-state index in [0.29, 0.717) is 0 Å². The summed E-state index contributed by atoms with van der Waals surface area (Å²) in [4.78, 5) is 18.2. The van der Waals surface area contributed by atoms with Gasteiger partial charge in [0.2, 0.25) is 5.82 Å². The Kier molecular flexibility index (Phi) is 3.59. The first-order chi connectivity index (χ1) is 8.61. The molecule has 0 saturated heterocycles. The summed E-state index contributed by atoms with van der Waals surface area (Å²) in [5.41, 5.74) is -0.206. The highest BCUT2D eigenvalue weighted by molar-refractivity contribution is 5.61. The fourth-order valence-electron chi connectivity index (χ4n) is 1.93. The molecule has 1 aliphatic rings. The van der Waals surface area contributed by atoms with Crippen molar-refractivity contribution in [2.24, 2.45) is 5.92 Å². The second-order valence-electron chi connectivity index (χ2n) is 4.56. The Labute approximate surface area is 105 Å². The predicted molar refractivity (Wildman–Crippen MR) is 65.7 cm³/mol. The van der Waals surface area contributed by atoms with Gasteiger partial charge in [-0.05, 0) is 19.3 Å². The van der Waals surface area contributed by atoms with Crippen molar-refractivity contribution in [3.63, 3.8) is 0 Å². The van der Waals surface area contributed by atoms with Crippen LogP contribution in [0.4, 0.5) is 11.5 Å². The SMILES string of the molecule is COc1ncnc(NC(C)CC2CC2)c1[N+](=O)[O-]. The van der Waals surface area contributed by atoms with Crippen LogP contribution in [0.5, 0.6) is 5.88 Å². The van der Waals surface area contributed by atoms with E-state index in [4.69, 9.17) is 4.74 Å². The second-order valence-corrected chi connectivity index (χ2v) is 4.56. The molecule has 18 heavy (non-hydrogen) atoms. The summed E-state index contributed by atoms with van der Waals surface area (Å²) in [7, 11) is 1.35. The summed E-state index contributed by atoms with van der Waals surface area (Å²) in [6.07, 6.45) is 4.77. The van der Waals surface area contributed by atoms with Crippen molar-refractivity contribution in [1.29, 1.82) is 0 Å². The summed E-state index contributed by atoms with van der Waals surface area (Å²) in [6.45, 7) is 2.00. The maximum Gasteiger partial charge on any atom is 0.372 e. The van der Waals surface area contributed by atoms with E-state index < -0.39 is 4.92 Å². The Morgan fingerprint density at radius 1 is 1.61 bits per heavy atom. The average molecular weight is 252 g/mol. The van der Waals surface area contributed by atoms with Crippen molar-refractivity contribution in [2.45, 2.75) is 32.2 Å². The third-order valence-electron chi connectivity index (χ3n) is 2.93. The zero-order valence-corrected chi connectivity index (χ0v) is 10.4. The first kappa shape index (κ1) is 12.5. The summed E-state index contributed by atoms with van der Waals surface area (Å²) < 4.78 is 4.89. The molecule has 0 aliphatic heterocycles. The van der Waals surface area contributed by atoms with Gasteiger partial charge in [0.1, 0.15) is 6.33 Å². The molecule has 2 rings (SSSR count). The lowest BCUT2D eigenvalue weighted by atomic mass is 10.1. The fraction of sp³-hybridized carbons (Fsp3) is 0.636. The summed E-state index contributed by atoms with van der Waals surface area (Å²) >= 11 is 0. The molecule has 98 valence electrons. The number of nitro groups is 1. The predicted octanol–water partition coefficient (Wildman–Crippen LogP) is 1.99. The molecule has 1 unspecified atom stereocenters. The molecule has 1 saturated carbocycles. The number of rotatable bonds is 6. The minimum Gasteiger partial charge on any atom is -0.476 e. The molecule has 1 heterocycles. The number of aromatic nitrogens is 2. The minimum absolute atomic E-state index is 0.0175. The maximum absolute atomic E-state index is 11.0. The largest absolute Gasteiger partial charge is 0.476 e. The Morgan fingerprint density at radius 2 is 2.33 bits per heavy atom. The summed E-state index contributed by atoms with van der Waals surface area (Å²) in [5, 5.41) is 14.1. The van der Waals surface area contributed by atoms with Gasteiger partial charge in [-0.25, -0.2) is 4.98 Å². The van der Waals surface area contributed by atoms with E-state index in [0.717, 1.165) is 12.3 Å². The van der Waals surface area contributed by atoms with E-state index in [9.17, 15) is 10.1 Å². The van der Waals surface area contributed by atoms with E-state index >= 15 is 0 Å². The molecule has 7 nitrogen and oxygen atoms in total. The molecule has 0 radical (unpaired) electrons. The van der Waals surface area contributed by atoms with Crippen molar-refractivity contribution in [3.05, 3.63) is 16.4 Å². The van der Waals surface area contributed by atoms with Crippen molar-refractivity contribution < 1.29 is 9.66 Å². The topological polar surface area (TPSA) is 90.2 Å². The highest BCUT2D eigenvalue weighted by Crippen LogP contribution is 2.35. The Bertz CT molecular complexity index is 448. The van der Waals surface area contributed by atoms with Crippen LogP contribution in [-0.2, 0) is 0 Å². The molecular weight excluding hydrogens is 236 g/mol. The van der Waals surface area contributed by atoms with Gasteiger partial charge in [-0.3, -0.25) is 10.1 Å². The van der Waals surface area contributed by atoms with Gasteiger partial charge in [0.05, 0.1) is 12.0 Å². The third kappa shape index (κ3) is 2.85. The lowest BCUT2D eigenvalue weighted by Gasteiger charge is -2.14. The van der Waals surface area contributed by atoms with Crippen LogP contribution < -0.4 is 10.1 Å². The molecule has 0 aromatic carbocycles. The van der Waals surface area contributed by atoms with Gasteiger partial charge in [-0.2, -0.15) is 4.98 Å². The van der Waals surface area contributed by atoms with E-state index in [-0.39, 0.29) is 23.4 Å². The van der Waals surface area contributed by atoms with E-state index in [1.165, 1.54) is 26.3 Å². The highest BCUT2D eigenvalue weighted by atomic mass is 16.6. The number of methoxy groups -OCH3 is 1. The van der Waals surface area contributed by atoms with Gasteiger partial charge in [0.25, 0.3) is 5.88 Å². The highest BCUT2D eigenvalue weighted by Gasteiger charge is 2.27. The molecule has 0 spiro atoms. The van der Waals surface area contributed by atoms with Gasteiger partial charge in [0, 0.05) is 6.04 Å². The van der Waals surface area contributed by atoms with Gasteiger partial charge >= 0.3 is 5.69 Å². The molecular formula is C11H16N4O3. The van der Waals surface area contributed by atoms with E-state index in [2.05, 4.69) is 15.3 Å². The minimum atomic E-state index is -0.523. The normalized spacial score (nSPS) is 16.1. The monoisotopic (exact) mass is 252 g/mol. The van der Waals surface area contributed by atoms with Crippen molar-refractivity contribution in [3.8, 4) is 5.88 Å². The van der Waals surface area contributed by atoms with Crippen LogP contribution in [0.3, 0.4) is 0 Å². The molecule has 1 aromatic heterocycles. The van der Waals surface area contributed by atoms with E-state index in [1.807, 2.05) is 6.92 Å². The van der Waals surface area contributed by atoms with Gasteiger partial charge < -0.3 is 10.1 Å². The Hall–Kier alpha value is -1.92. The molecule has 7 heteroatoms. The number of nitrogens with zero attached hydrogens (tertiary/aromatic N) is 3. The summed E-state index contributed by atoms with van der Waals surface area (Å²) in [5.74, 6) is 0.950. The van der Waals surface area contributed by atoms with Crippen LogP contribution in [0.15, 0.2) is 6.33 Å². The number of ether oxygens (including phenoxy) is 1. The molecule has 1 aromatic rings. The quantitative estimate of drug-likeness (QED) is 0.615. The number of anilines is 1. The smallest absolute Gasteiger partial charge is 0.372 e. The zero-order chi connectivity index (χ0) is 13.1. The first-order valence-corrected chi connectivity index (χ1v) is 5.91. The standard InChI is InChI=1S/C11H16N4O3/c1-7(5-8-3-4-8)14-10-9(15(16)17)11(18-2)13-6-12-10/h6-8H,3-5H2,1-2H3,(H,12,13,14). The van der Waals surface area contributed by atoms with Crippen LogP contribution in [0.25, 0.3) is 0 Å². The molecule has 0 amide bonds. The van der Waals surface area contributed by atoms with Crippen LogP contribution in [0.1, 0.15) is 26.2 Å². The Balaban J connectivity index is 2.17. The lowest BCUT2D eigenvalue weighted by molar-refractivity contribution is -0.385. The van der Waals surface area contributed by atoms with Gasteiger partial charge in [-0.1, -0.05) is 12.8 Å². The summed E-state index contributed by atoms with van der Waals surface area (Å²) in [6, 6.07) is 0.149. The van der Waals surface area contributed by atoms with Crippen molar-refractivity contribution in [1.82, 2.24) is 9.97 Å². The molecule has 1 atom stereocenters. The lowest BCUT2D eigenvalue weighted by Crippen LogP contribution is -2.18. The van der Waals surface area contributed by atoms with Crippen molar-refractivity contribution in [2.75, 3.05) is 12.4 Å². The molecule has 1 aliphatic carbocycles. The molecule has 0 bridgehead atoms. The van der Waals surface area contributed by atoms with Crippen LogP contribution in [0, 0.1) is 16.0 Å². The third-order valence-corrected chi connectivity index (χ3v) is 2.93. The van der Waals surface area contributed by atoms with Crippen LogP contribution >= 0.6 is 0 Å². The fourth-order valence-corrected chi connectivity index (χ4v) is 1.93. The maximum atomic E-state index is 11.0. The number of hydrogen-bond acceptors (Lipinski definition) is 6. The molecule has 1 N–H and O–H groups in total. The average Bonchev–Trinajstić information content (AvgIpc) is 3.11. The zero-order valence-electron chi connectivity index (χ0n) is 10.4. The molecule has 1 fully saturated rings. The van der Waals surface area contributed by atoms with E-state index in [1.54, 1.807) is 0 Å². The van der Waals surface area contributed by atoms with Gasteiger partial charge in [-0.15, -0.1) is 0 Å². The number of nitrogens with one attached hydrogen (secondary N) is 1. The first-order valence-electron chi connectivity index (χ1n) is 5.91. The van der Waals surface area contributed by atoms with Crippen molar-refractivity contribution >= 4 is 11.5 Å². The number of hydrogen-bond donors (Lipinski definition) is 1. The second kappa shape index (κ2) is 5.16. The Morgan fingerprint density at radius 3 is 2.89 bits per heavy atom. The van der Waals surface area contributed by atoms with Crippen LogP contribution in [0.2, 0.25) is 0 Å². The van der Waals surface area contributed by atoms with Crippen LogP contribution in [-0.4, -0.2) is 28.0 Å².